The van der Waals surface area contributed by atoms with Crippen LogP contribution in [0.4, 0.5) is 0 Å². The van der Waals surface area contributed by atoms with E-state index in [0.717, 1.165) is 5.92 Å². The van der Waals surface area contributed by atoms with Gasteiger partial charge in [-0.2, -0.15) is 0 Å². The van der Waals surface area contributed by atoms with E-state index in [2.05, 4.69) is 36.2 Å². The fraction of sp³-hybridized carbons (Fsp3) is 1.00. The molecule has 2 fully saturated rings. The second-order valence-electron chi connectivity index (χ2n) is 4.40. The molecule has 1 N–H and O–H groups in total. The van der Waals surface area contributed by atoms with Crippen LogP contribution in [0.15, 0.2) is 0 Å². The quantitative estimate of drug-likeness (QED) is 0.605. The van der Waals surface area contributed by atoms with Crippen LogP contribution >= 0.6 is 22.9 Å². The van der Waals surface area contributed by atoms with Crippen LogP contribution in [0.1, 0.15) is 12.8 Å². The minimum Gasteiger partial charge on any atom is -0.314 e. The normalized spacial score (nSPS) is 28.1. The van der Waals surface area contributed by atoms with E-state index in [0.29, 0.717) is 0 Å². The van der Waals surface area contributed by atoms with E-state index in [1.54, 1.807) is 0 Å². The number of hydrogen-bond donors (Lipinski definition) is 1. The molecule has 0 bridgehead atoms. The predicted octanol–water partition coefficient (Wildman–Crippen LogP) is 0.954. The summed E-state index contributed by atoms with van der Waals surface area (Å²) in [6.07, 6.45) is 2.79. The molecule has 2 aliphatic rings. The first-order valence-electron chi connectivity index (χ1n) is 5.68. The molecule has 0 spiro atoms. The average molecular weight is 309 g/mol. The van der Waals surface area contributed by atoms with Gasteiger partial charge in [0, 0.05) is 68.7 Å². The van der Waals surface area contributed by atoms with Crippen LogP contribution in [0.25, 0.3) is 0 Å². The van der Waals surface area contributed by atoms with Crippen LogP contribution in [0.5, 0.6) is 0 Å². The summed E-state index contributed by atoms with van der Waals surface area (Å²) in [5.74, 6) is 0.958. The van der Waals surface area contributed by atoms with E-state index in [9.17, 15) is 0 Å². The number of halogens is 1. The highest BCUT2D eigenvalue weighted by Crippen LogP contribution is 2.20. The zero-order chi connectivity index (χ0) is 9.80. The van der Waals surface area contributed by atoms with Crippen molar-refractivity contribution in [3.63, 3.8) is 0 Å². The van der Waals surface area contributed by atoms with Gasteiger partial charge >= 0.3 is 0 Å². The molecular weight excluding hydrogens is 289 g/mol. The molecule has 2 saturated heterocycles. The summed E-state index contributed by atoms with van der Waals surface area (Å²) in [5, 5.41) is 3.41. The summed E-state index contributed by atoms with van der Waals surface area (Å²) in [7, 11) is 0. The Morgan fingerprint density at radius 3 is 2.36 bits per heavy atom. The van der Waals surface area contributed by atoms with Crippen molar-refractivity contribution in [2.75, 3.05) is 45.8 Å². The number of piperazine rings is 1. The molecule has 0 aromatic rings. The smallest absolute Gasteiger partial charge is 0.0201 e. The molecule has 0 aliphatic carbocycles. The van der Waals surface area contributed by atoms with Gasteiger partial charge in [-0.1, -0.05) is 0 Å². The molecule has 0 amide bonds. The molecule has 2 rings (SSSR count). The summed E-state index contributed by atoms with van der Waals surface area (Å²) in [6, 6.07) is 0. The summed E-state index contributed by atoms with van der Waals surface area (Å²) >= 11 is 2.45. The van der Waals surface area contributed by atoms with Gasteiger partial charge in [0.1, 0.15) is 0 Å². The van der Waals surface area contributed by atoms with Crippen molar-refractivity contribution in [2.24, 2.45) is 5.92 Å². The molecule has 3 nitrogen and oxygen atoms in total. The highest BCUT2D eigenvalue weighted by atomic mass is 127. The Kier molecular flexibility index (Phi) is 4.46. The van der Waals surface area contributed by atoms with Crippen molar-refractivity contribution in [2.45, 2.75) is 12.8 Å². The highest BCUT2D eigenvalue weighted by molar-refractivity contribution is 14.1. The molecule has 0 saturated carbocycles. The van der Waals surface area contributed by atoms with Gasteiger partial charge in [0.05, 0.1) is 0 Å². The SMILES string of the molecule is IN1CCC(CN2CCNCC2)CC1. The Morgan fingerprint density at radius 1 is 1.07 bits per heavy atom. The molecule has 82 valence electrons. The molecule has 2 aliphatic heterocycles. The first-order valence-corrected chi connectivity index (χ1v) is 6.65. The predicted molar refractivity (Wildman–Crippen MR) is 67.6 cm³/mol. The lowest BCUT2D eigenvalue weighted by molar-refractivity contribution is 0.175. The number of nitrogens with zero attached hydrogens (tertiary/aromatic N) is 2. The van der Waals surface area contributed by atoms with Crippen molar-refractivity contribution >= 4 is 22.9 Å². The Balaban J connectivity index is 1.68. The van der Waals surface area contributed by atoms with Gasteiger partial charge in [-0.3, -0.25) is 0 Å². The maximum absolute atomic E-state index is 3.41. The summed E-state index contributed by atoms with van der Waals surface area (Å²) in [5.41, 5.74) is 0. The molecule has 2 heterocycles. The molecule has 0 atom stereocenters. The van der Waals surface area contributed by atoms with Crippen LogP contribution in [-0.2, 0) is 0 Å². The van der Waals surface area contributed by atoms with Crippen molar-refractivity contribution in [1.29, 1.82) is 0 Å². The Bertz CT molecular complexity index is 163. The number of hydrogen-bond acceptors (Lipinski definition) is 3. The lowest BCUT2D eigenvalue weighted by Gasteiger charge is -2.34. The zero-order valence-electron chi connectivity index (χ0n) is 8.71. The molecule has 14 heavy (non-hydrogen) atoms. The molecular formula is C10H20IN3. The minimum absolute atomic E-state index is 0.958. The van der Waals surface area contributed by atoms with Crippen LogP contribution in [0.2, 0.25) is 0 Å². The third kappa shape index (κ3) is 3.32. The van der Waals surface area contributed by atoms with Gasteiger partial charge < -0.3 is 10.2 Å². The molecule has 0 radical (unpaired) electrons. The van der Waals surface area contributed by atoms with Crippen molar-refractivity contribution in [3.05, 3.63) is 0 Å². The first-order chi connectivity index (χ1) is 6.84. The minimum atomic E-state index is 0.958. The maximum Gasteiger partial charge on any atom is 0.0201 e. The van der Waals surface area contributed by atoms with Crippen molar-refractivity contribution < 1.29 is 0 Å². The Hall–Kier alpha value is 0.610. The standard InChI is InChI=1S/C10H20IN3/c11-14-5-1-10(2-6-14)9-13-7-3-12-4-8-13/h10,12H,1-9H2. The summed E-state index contributed by atoms with van der Waals surface area (Å²) in [6.45, 7) is 8.80. The first kappa shape index (κ1) is 11.1. The lowest BCUT2D eigenvalue weighted by atomic mass is 9.97. The monoisotopic (exact) mass is 309 g/mol. The lowest BCUT2D eigenvalue weighted by Crippen LogP contribution is -2.46. The molecule has 0 aromatic carbocycles. The Labute approximate surface area is 101 Å². The second-order valence-corrected chi connectivity index (χ2v) is 5.77. The van der Waals surface area contributed by atoms with Gasteiger partial charge in [0.25, 0.3) is 0 Å². The van der Waals surface area contributed by atoms with Gasteiger partial charge in [-0.15, -0.1) is 0 Å². The largest absolute Gasteiger partial charge is 0.314 e. The van der Waals surface area contributed by atoms with Gasteiger partial charge in [-0.25, -0.2) is 3.11 Å². The maximum atomic E-state index is 3.41. The van der Waals surface area contributed by atoms with Crippen molar-refractivity contribution in [3.8, 4) is 0 Å². The van der Waals surface area contributed by atoms with Crippen LogP contribution in [0, 0.1) is 5.92 Å². The number of rotatable bonds is 2. The van der Waals surface area contributed by atoms with E-state index >= 15 is 0 Å². The summed E-state index contributed by atoms with van der Waals surface area (Å²) < 4.78 is 2.42. The van der Waals surface area contributed by atoms with Gasteiger partial charge in [-0.05, 0) is 18.8 Å². The second kappa shape index (κ2) is 5.63. The van der Waals surface area contributed by atoms with Crippen LogP contribution < -0.4 is 5.32 Å². The summed E-state index contributed by atoms with van der Waals surface area (Å²) in [4.78, 5) is 2.63. The number of nitrogens with one attached hydrogen (secondary N) is 1. The van der Waals surface area contributed by atoms with E-state index in [4.69, 9.17) is 0 Å². The third-order valence-corrected chi connectivity index (χ3v) is 4.25. The zero-order valence-corrected chi connectivity index (χ0v) is 10.9. The van der Waals surface area contributed by atoms with E-state index in [1.807, 2.05) is 0 Å². The van der Waals surface area contributed by atoms with Gasteiger partial charge in [0.2, 0.25) is 0 Å². The molecule has 4 heteroatoms. The molecule has 0 aromatic heterocycles. The average Bonchev–Trinajstić information content (AvgIpc) is 2.23. The fourth-order valence-corrected chi connectivity index (χ4v) is 2.90. The number of piperidine rings is 1. The highest BCUT2D eigenvalue weighted by Gasteiger charge is 2.20. The third-order valence-electron chi connectivity index (χ3n) is 3.29. The topological polar surface area (TPSA) is 18.5 Å². The van der Waals surface area contributed by atoms with E-state index in [-0.39, 0.29) is 0 Å². The van der Waals surface area contributed by atoms with Crippen LogP contribution in [-0.4, -0.2) is 53.8 Å². The van der Waals surface area contributed by atoms with E-state index < -0.39 is 0 Å². The van der Waals surface area contributed by atoms with Crippen LogP contribution in [0.3, 0.4) is 0 Å². The Morgan fingerprint density at radius 2 is 1.71 bits per heavy atom. The van der Waals surface area contributed by atoms with Gasteiger partial charge in [0.15, 0.2) is 0 Å². The fourth-order valence-electron chi connectivity index (χ4n) is 2.34. The van der Waals surface area contributed by atoms with Crippen molar-refractivity contribution in [1.82, 2.24) is 13.3 Å². The van der Waals surface area contributed by atoms with E-state index in [1.165, 1.54) is 58.7 Å². The molecule has 0 unspecified atom stereocenters.